The SMILES string of the molecule is CC(C)CCCCC(=O)NCC(C)OCC(C)CNC(=O)c1ncn(CC(C)C)n1. The van der Waals surface area contributed by atoms with Crippen molar-refractivity contribution in [2.45, 2.75) is 79.9 Å². The van der Waals surface area contributed by atoms with Gasteiger partial charge < -0.3 is 15.4 Å². The van der Waals surface area contributed by atoms with E-state index in [1.807, 2.05) is 13.8 Å². The Hall–Kier alpha value is -1.96. The molecule has 0 saturated heterocycles. The number of aromatic nitrogens is 3. The van der Waals surface area contributed by atoms with Gasteiger partial charge in [0, 0.05) is 26.1 Å². The Morgan fingerprint density at radius 3 is 2.43 bits per heavy atom. The molecule has 0 bridgehead atoms. The van der Waals surface area contributed by atoms with Crippen molar-refractivity contribution in [2.24, 2.45) is 17.8 Å². The van der Waals surface area contributed by atoms with Crippen molar-refractivity contribution in [2.75, 3.05) is 19.7 Å². The van der Waals surface area contributed by atoms with E-state index in [1.165, 1.54) is 0 Å². The first-order chi connectivity index (χ1) is 14.2. The van der Waals surface area contributed by atoms with Crippen LogP contribution in [0.5, 0.6) is 0 Å². The zero-order chi connectivity index (χ0) is 22.5. The molecular weight excluding hydrogens is 382 g/mol. The summed E-state index contributed by atoms with van der Waals surface area (Å²) >= 11 is 0. The number of hydrogen-bond acceptors (Lipinski definition) is 5. The van der Waals surface area contributed by atoms with Crippen molar-refractivity contribution in [3.63, 3.8) is 0 Å². The molecule has 1 rings (SSSR count). The smallest absolute Gasteiger partial charge is 0.290 e. The first-order valence-corrected chi connectivity index (χ1v) is 11.2. The molecule has 8 heteroatoms. The summed E-state index contributed by atoms with van der Waals surface area (Å²) in [5.41, 5.74) is 0. The second-order valence-electron chi connectivity index (χ2n) is 9.09. The van der Waals surface area contributed by atoms with Crippen LogP contribution in [0.15, 0.2) is 6.33 Å². The first-order valence-electron chi connectivity index (χ1n) is 11.2. The number of rotatable bonds is 15. The van der Waals surface area contributed by atoms with Gasteiger partial charge >= 0.3 is 0 Å². The minimum absolute atomic E-state index is 0.0730. The number of amides is 2. The molecule has 0 radical (unpaired) electrons. The van der Waals surface area contributed by atoms with Gasteiger partial charge in [-0.15, -0.1) is 5.10 Å². The van der Waals surface area contributed by atoms with E-state index in [0.717, 1.165) is 25.8 Å². The largest absolute Gasteiger partial charge is 0.376 e. The summed E-state index contributed by atoms with van der Waals surface area (Å²) in [5.74, 6) is 1.26. The molecule has 0 aliphatic carbocycles. The summed E-state index contributed by atoms with van der Waals surface area (Å²) < 4.78 is 7.48. The predicted molar refractivity (Wildman–Crippen MR) is 118 cm³/mol. The van der Waals surface area contributed by atoms with Gasteiger partial charge in [-0.2, -0.15) is 0 Å². The third-order valence-electron chi connectivity index (χ3n) is 4.59. The second kappa shape index (κ2) is 14.1. The van der Waals surface area contributed by atoms with E-state index < -0.39 is 0 Å². The standard InChI is InChI=1S/C22H41N5O3/c1-16(2)9-7-8-10-20(28)23-12-19(6)30-14-18(5)11-24-22(29)21-25-15-27(26-21)13-17(3)4/h15-19H,7-14H2,1-6H3,(H,23,28)(H,24,29). The zero-order valence-corrected chi connectivity index (χ0v) is 19.6. The van der Waals surface area contributed by atoms with Gasteiger partial charge in [-0.3, -0.25) is 14.3 Å². The molecule has 8 nitrogen and oxygen atoms in total. The molecule has 30 heavy (non-hydrogen) atoms. The van der Waals surface area contributed by atoms with Gasteiger partial charge in [0.05, 0.1) is 12.7 Å². The van der Waals surface area contributed by atoms with E-state index in [-0.39, 0.29) is 29.7 Å². The van der Waals surface area contributed by atoms with Crippen LogP contribution < -0.4 is 10.6 Å². The highest BCUT2D eigenvalue weighted by Crippen LogP contribution is 2.08. The Labute approximate surface area is 181 Å². The molecule has 2 N–H and O–H groups in total. The van der Waals surface area contributed by atoms with E-state index in [0.29, 0.717) is 38.0 Å². The topological polar surface area (TPSA) is 98.1 Å². The molecule has 2 amide bonds. The summed E-state index contributed by atoms with van der Waals surface area (Å²) in [6.07, 6.45) is 5.27. The van der Waals surface area contributed by atoms with Gasteiger partial charge in [-0.1, -0.05) is 47.5 Å². The van der Waals surface area contributed by atoms with Crippen molar-refractivity contribution in [3.8, 4) is 0 Å². The number of nitrogens with zero attached hydrogens (tertiary/aromatic N) is 3. The fraction of sp³-hybridized carbons (Fsp3) is 0.818. The number of hydrogen-bond donors (Lipinski definition) is 2. The highest BCUT2D eigenvalue weighted by Gasteiger charge is 2.14. The zero-order valence-electron chi connectivity index (χ0n) is 19.6. The van der Waals surface area contributed by atoms with Crippen LogP contribution in [0.3, 0.4) is 0 Å². The molecule has 1 aromatic heterocycles. The van der Waals surface area contributed by atoms with Crippen molar-refractivity contribution in [1.82, 2.24) is 25.4 Å². The molecule has 1 aromatic rings. The first kappa shape index (κ1) is 26.1. The van der Waals surface area contributed by atoms with E-state index in [1.54, 1.807) is 11.0 Å². The molecule has 0 spiro atoms. The Morgan fingerprint density at radius 2 is 1.77 bits per heavy atom. The van der Waals surface area contributed by atoms with Gasteiger partial charge in [-0.25, -0.2) is 4.98 Å². The third kappa shape index (κ3) is 11.9. The molecule has 0 aliphatic rings. The van der Waals surface area contributed by atoms with Crippen LogP contribution in [-0.4, -0.2) is 52.4 Å². The van der Waals surface area contributed by atoms with Gasteiger partial charge in [0.15, 0.2) is 0 Å². The second-order valence-corrected chi connectivity index (χ2v) is 9.09. The highest BCUT2D eigenvalue weighted by atomic mass is 16.5. The lowest BCUT2D eigenvalue weighted by Crippen LogP contribution is -2.34. The van der Waals surface area contributed by atoms with Gasteiger partial charge in [0.2, 0.25) is 11.7 Å². The number of carbonyl (C=O) groups excluding carboxylic acids is 2. The van der Waals surface area contributed by atoms with Crippen LogP contribution in [-0.2, 0) is 16.1 Å². The average Bonchev–Trinajstić information content (AvgIpc) is 3.13. The molecule has 2 unspecified atom stereocenters. The maximum atomic E-state index is 12.2. The lowest BCUT2D eigenvalue weighted by atomic mass is 10.1. The molecule has 172 valence electrons. The van der Waals surface area contributed by atoms with Crippen LogP contribution in [0.4, 0.5) is 0 Å². The Morgan fingerprint density at radius 1 is 1.03 bits per heavy atom. The quantitative estimate of drug-likeness (QED) is 0.423. The average molecular weight is 424 g/mol. The molecule has 0 fully saturated rings. The van der Waals surface area contributed by atoms with Gasteiger partial charge in [-0.05, 0) is 31.1 Å². The molecular formula is C22H41N5O3. The fourth-order valence-corrected chi connectivity index (χ4v) is 2.84. The number of ether oxygens (including phenoxy) is 1. The predicted octanol–water partition coefficient (Wildman–Crippen LogP) is 3.04. The van der Waals surface area contributed by atoms with E-state index in [2.05, 4.69) is 48.4 Å². The van der Waals surface area contributed by atoms with Crippen LogP contribution in [0.1, 0.15) is 77.8 Å². The molecule has 0 aromatic carbocycles. The monoisotopic (exact) mass is 423 g/mol. The van der Waals surface area contributed by atoms with Crippen molar-refractivity contribution in [1.29, 1.82) is 0 Å². The third-order valence-corrected chi connectivity index (χ3v) is 4.59. The number of unbranched alkanes of at least 4 members (excludes halogenated alkanes) is 1. The summed E-state index contributed by atoms with van der Waals surface area (Å²) in [7, 11) is 0. The van der Waals surface area contributed by atoms with Crippen molar-refractivity contribution >= 4 is 11.8 Å². The maximum absolute atomic E-state index is 12.2. The van der Waals surface area contributed by atoms with Crippen molar-refractivity contribution in [3.05, 3.63) is 12.2 Å². The van der Waals surface area contributed by atoms with Crippen LogP contribution >= 0.6 is 0 Å². The van der Waals surface area contributed by atoms with Crippen LogP contribution in [0.2, 0.25) is 0 Å². The van der Waals surface area contributed by atoms with Crippen LogP contribution in [0, 0.1) is 17.8 Å². The van der Waals surface area contributed by atoms with Gasteiger partial charge in [0.1, 0.15) is 6.33 Å². The summed E-state index contributed by atoms with van der Waals surface area (Å²) in [6, 6.07) is 0. The van der Waals surface area contributed by atoms with E-state index in [4.69, 9.17) is 4.74 Å². The Bertz CT molecular complexity index is 630. The van der Waals surface area contributed by atoms with Crippen molar-refractivity contribution < 1.29 is 14.3 Å². The lowest BCUT2D eigenvalue weighted by molar-refractivity contribution is -0.121. The highest BCUT2D eigenvalue weighted by molar-refractivity contribution is 5.90. The Kier molecular flexibility index (Phi) is 12.3. The molecule has 2 atom stereocenters. The molecule has 0 saturated carbocycles. The van der Waals surface area contributed by atoms with Gasteiger partial charge in [0.25, 0.3) is 5.91 Å². The molecule has 0 aliphatic heterocycles. The minimum Gasteiger partial charge on any atom is -0.376 e. The van der Waals surface area contributed by atoms with Crippen LogP contribution in [0.25, 0.3) is 0 Å². The Balaban J connectivity index is 2.16. The lowest BCUT2D eigenvalue weighted by Gasteiger charge is -2.18. The van der Waals surface area contributed by atoms with E-state index >= 15 is 0 Å². The molecule has 1 heterocycles. The maximum Gasteiger partial charge on any atom is 0.290 e. The normalized spacial score (nSPS) is 13.5. The summed E-state index contributed by atoms with van der Waals surface area (Å²) in [6.45, 7) is 14.7. The number of carbonyl (C=O) groups is 2. The summed E-state index contributed by atoms with van der Waals surface area (Å²) in [4.78, 5) is 28.1. The minimum atomic E-state index is -0.276. The van der Waals surface area contributed by atoms with E-state index in [9.17, 15) is 9.59 Å². The fourth-order valence-electron chi connectivity index (χ4n) is 2.84. The number of nitrogens with one attached hydrogen (secondary N) is 2. The summed E-state index contributed by atoms with van der Waals surface area (Å²) in [5, 5.41) is 9.98.